The fourth-order valence-corrected chi connectivity index (χ4v) is 2.64. The van der Waals surface area contributed by atoms with E-state index in [0.717, 1.165) is 16.6 Å². The molecule has 4 rings (SSSR count). The van der Waals surface area contributed by atoms with Crippen LogP contribution in [0, 0.1) is 5.82 Å². The average Bonchev–Trinajstić information content (AvgIpc) is 2.63. The lowest BCUT2D eigenvalue weighted by Crippen LogP contribution is -1.98. The molecule has 0 aliphatic rings. The van der Waals surface area contributed by atoms with Crippen LogP contribution in [0.5, 0.6) is 0 Å². The lowest BCUT2D eigenvalue weighted by Gasteiger charge is -2.10. The molecule has 25 heavy (non-hydrogen) atoms. The summed E-state index contributed by atoms with van der Waals surface area (Å²) in [6.07, 6.45) is 3.11. The van der Waals surface area contributed by atoms with E-state index < -0.39 is 0 Å². The zero-order valence-electron chi connectivity index (χ0n) is 13.1. The quantitative estimate of drug-likeness (QED) is 0.551. The van der Waals surface area contributed by atoms with Gasteiger partial charge in [-0.05, 0) is 42.5 Å². The Bertz CT molecular complexity index is 1060. The molecule has 0 unspecified atom stereocenters. The van der Waals surface area contributed by atoms with Crippen LogP contribution in [0.15, 0.2) is 67.1 Å². The summed E-state index contributed by atoms with van der Waals surface area (Å²) >= 11 is 0. The van der Waals surface area contributed by atoms with Crippen molar-refractivity contribution >= 4 is 28.1 Å². The molecule has 0 spiro atoms. The van der Waals surface area contributed by atoms with Crippen LogP contribution in [0.1, 0.15) is 0 Å². The number of rotatable bonds is 3. The van der Waals surface area contributed by atoms with Gasteiger partial charge >= 0.3 is 0 Å². The maximum atomic E-state index is 14.0. The van der Waals surface area contributed by atoms with Crippen LogP contribution in [0.4, 0.5) is 21.6 Å². The first kappa shape index (κ1) is 15.0. The fraction of sp³-hybridized carbons (Fsp3) is 0. The molecule has 0 aliphatic heterocycles. The third-order valence-corrected chi connectivity index (χ3v) is 3.83. The molecule has 2 heterocycles. The fourth-order valence-electron chi connectivity index (χ4n) is 2.64. The molecule has 0 radical (unpaired) electrons. The van der Waals surface area contributed by atoms with Gasteiger partial charge in [-0.2, -0.15) is 0 Å². The second-order valence-corrected chi connectivity index (χ2v) is 5.53. The number of hydrogen-bond acceptors (Lipinski definition) is 5. The lowest BCUT2D eigenvalue weighted by molar-refractivity contribution is 0.631. The van der Waals surface area contributed by atoms with Gasteiger partial charge in [0.1, 0.15) is 18.0 Å². The van der Waals surface area contributed by atoms with Crippen molar-refractivity contribution in [3.8, 4) is 11.3 Å². The number of hydrogen-bond donors (Lipinski definition) is 2. The Morgan fingerprint density at radius 2 is 1.80 bits per heavy atom. The van der Waals surface area contributed by atoms with Gasteiger partial charge in [-0.15, -0.1) is 0 Å². The summed E-state index contributed by atoms with van der Waals surface area (Å²) in [5, 5.41) is 4.05. The first-order valence-corrected chi connectivity index (χ1v) is 7.69. The molecule has 4 aromatic rings. The molecule has 122 valence electrons. The Hall–Kier alpha value is -3.54. The normalized spacial score (nSPS) is 10.8. The Kier molecular flexibility index (Phi) is 3.70. The van der Waals surface area contributed by atoms with E-state index >= 15 is 0 Å². The van der Waals surface area contributed by atoms with Gasteiger partial charge in [0.05, 0.1) is 11.2 Å². The Labute approximate surface area is 143 Å². The average molecular weight is 331 g/mol. The second-order valence-electron chi connectivity index (χ2n) is 5.53. The Balaban J connectivity index is 1.74. The van der Waals surface area contributed by atoms with Gasteiger partial charge in [-0.25, -0.2) is 14.4 Å². The number of nitrogens with one attached hydrogen (secondary N) is 1. The largest absolute Gasteiger partial charge is 0.399 e. The van der Waals surface area contributed by atoms with Gasteiger partial charge in [-0.1, -0.05) is 12.1 Å². The number of halogens is 1. The zero-order chi connectivity index (χ0) is 17.2. The topological polar surface area (TPSA) is 76.7 Å². The molecule has 0 saturated heterocycles. The number of benzene rings is 2. The predicted molar refractivity (Wildman–Crippen MR) is 96.9 cm³/mol. The van der Waals surface area contributed by atoms with Crippen LogP contribution in [-0.2, 0) is 0 Å². The number of nitrogen functional groups attached to an aromatic ring is 1. The van der Waals surface area contributed by atoms with Gasteiger partial charge in [0.2, 0.25) is 0 Å². The summed E-state index contributed by atoms with van der Waals surface area (Å²) in [6, 6.07) is 15.6. The van der Waals surface area contributed by atoms with E-state index in [2.05, 4.69) is 20.3 Å². The number of fused-ring (bicyclic) bond motifs is 1. The molecule has 2 aromatic heterocycles. The molecule has 0 saturated carbocycles. The van der Waals surface area contributed by atoms with Gasteiger partial charge in [0.25, 0.3) is 0 Å². The molecular formula is C19H14FN5. The maximum absolute atomic E-state index is 14.0. The third-order valence-electron chi connectivity index (χ3n) is 3.83. The molecule has 0 amide bonds. The van der Waals surface area contributed by atoms with Crippen LogP contribution in [0.3, 0.4) is 0 Å². The van der Waals surface area contributed by atoms with Crippen LogP contribution >= 0.6 is 0 Å². The molecule has 0 aliphatic carbocycles. The summed E-state index contributed by atoms with van der Waals surface area (Å²) < 4.78 is 14.0. The number of nitrogens with zero attached hydrogens (tertiary/aromatic N) is 3. The first-order valence-electron chi connectivity index (χ1n) is 7.69. The summed E-state index contributed by atoms with van der Waals surface area (Å²) in [4.78, 5) is 12.8. The van der Waals surface area contributed by atoms with Crippen LogP contribution in [0.2, 0.25) is 0 Å². The van der Waals surface area contributed by atoms with Crippen molar-refractivity contribution in [1.29, 1.82) is 0 Å². The van der Waals surface area contributed by atoms with Crippen molar-refractivity contribution in [2.75, 3.05) is 11.1 Å². The lowest BCUT2D eigenvalue weighted by atomic mass is 10.1. The highest BCUT2D eigenvalue weighted by molar-refractivity contribution is 5.92. The van der Waals surface area contributed by atoms with Crippen molar-refractivity contribution in [2.45, 2.75) is 0 Å². The highest BCUT2D eigenvalue weighted by Crippen LogP contribution is 2.27. The smallest absolute Gasteiger partial charge is 0.141 e. The van der Waals surface area contributed by atoms with Crippen LogP contribution in [0.25, 0.3) is 22.2 Å². The SMILES string of the molecule is Nc1ccc2ncnc(Nc3ccnc(-c4ccccc4F)c3)c2c1. The molecular weight excluding hydrogens is 317 g/mol. The first-order chi connectivity index (χ1) is 12.2. The van der Waals surface area contributed by atoms with E-state index in [-0.39, 0.29) is 5.82 Å². The minimum Gasteiger partial charge on any atom is -0.399 e. The van der Waals surface area contributed by atoms with Crippen molar-refractivity contribution in [2.24, 2.45) is 0 Å². The van der Waals surface area contributed by atoms with E-state index in [1.807, 2.05) is 12.1 Å². The molecule has 3 N–H and O–H groups in total. The number of anilines is 3. The minimum atomic E-state index is -0.313. The highest BCUT2D eigenvalue weighted by atomic mass is 19.1. The highest BCUT2D eigenvalue weighted by Gasteiger charge is 2.08. The van der Waals surface area contributed by atoms with Crippen molar-refractivity contribution < 1.29 is 4.39 Å². The minimum absolute atomic E-state index is 0.313. The van der Waals surface area contributed by atoms with Crippen LogP contribution < -0.4 is 11.1 Å². The van der Waals surface area contributed by atoms with E-state index in [4.69, 9.17) is 5.73 Å². The maximum Gasteiger partial charge on any atom is 0.141 e. The molecule has 6 heteroatoms. The van der Waals surface area contributed by atoms with Crippen molar-refractivity contribution in [3.05, 3.63) is 72.9 Å². The summed E-state index contributed by atoms with van der Waals surface area (Å²) in [5.74, 6) is 0.315. The predicted octanol–water partition coefficient (Wildman–Crippen LogP) is 4.16. The summed E-state index contributed by atoms with van der Waals surface area (Å²) in [5.41, 5.74) is 9.02. The van der Waals surface area contributed by atoms with E-state index in [0.29, 0.717) is 22.8 Å². The number of nitrogens with two attached hydrogens (primary N) is 1. The van der Waals surface area contributed by atoms with E-state index in [9.17, 15) is 4.39 Å². The Morgan fingerprint density at radius 3 is 2.68 bits per heavy atom. The number of pyridine rings is 1. The monoisotopic (exact) mass is 331 g/mol. The van der Waals surface area contributed by atoms with Gasteiger partial charge in [-0.3, -0.25) is 4.98 Å². The Morgan fingerprint density at radius 1 is 0.920 bits per heavy atom. The van der Waals surface area contributed by atoms with E-state index in [1.165, 1.54) is 12.4 Å². The van der Waals surface area contributed by atoms with E-state index in [1.54, 1.807) is 42.6 Å². The summed E-state index contributed by atoms with van der Waals surface area (Å²) in [7, 11) is 0. The standard InChI is InChI=1S/C19H14FN5/c20-16-4-2-1-3-14(16)18-10-13(7-8-22-18)25-19-15-9-12(21)5-6-17(15)23-11-24-19/h1-11H,21H2,(H,22,23,24,25). The van der Waals surface area contributed by atoms with Crippen LogP contribution in [-0.4, -0.2) is 15.0 Å². The summed E-state index contributed by atoms with van der Waals surface area (Å²) in [6.45, 7) is 0. The third kappa shape index (κ3) is 2.97. The molecule has 0 atom stereocenters. The second kappa shape index (κ2) is 6.16. The van der Waals surface area contributed by atoms with Gasteiger partial charge in [0, 0.05) is 28.5 Å². The molecule has 0 bridgehead atoms. The molecule has 0 fully saturated rings. The zero-order valence-corrected chi connectivity index (χ0v) is 13.1. The molecule has 5 nitrogen and oxygen atoms in total. The van der Waals surface area contributed by atoms with Crippen molar-refractivity contribution in [1.82, 2.24) is 15.0 Å². The van der Waals surface area contributed by atoms with Gasteiger partial charge < -0.3 is 11.1 Å². The number of aromatic nitrogens is 3. The van der Waals surface area contributed by atoms with Gasteiger partial charge in [0.15, 0.2) is 0 Å². The molecule has 2 aromatic carbocycles. The van der Waals surface area contributed by atoms with Crippen molar-refractivity contribution in [3.63, 3.8) is 0 Å².